The van der Waals surface area contributed by atoms with Gasteiger partial charge in [-0.3, -0.25) is 0 Å². The van der Waals surface area contributed by atoms with Crippen LogP contribution >= 0.6 is 0 Å². The molecule has 6 heteroatoms. The highest BCUT2D eigenvalue weighted by Crippen LogP contribution is 2.32. The minimum absolute atomic E-state index is 0.426. The van der Waals surface area contributed by atoms with E-state index < -0.39 is 0 Å². The molecule has 6 nitrogen and oxygen atoms in total. The van der Waals surface area contributed by atoms with Gasteiger partial charge in [-0.05, 0) is 36.3 Å². The van der Waals surface area contributed by atoms with E-state index in [0.29, 0.717) is 43.0 Å². The molecule has 1 aromatic carbocycles. The van der Waals surface area contributed by atoms with Crippen LogP contribution < -0.4 is 9.47 Å². The van der Waals surface area contributed by atoms with Gasteiger partial charge in [0.2, 0.25) is 5.89 Å². The van der Waals surface area contributed by atoms with Crippen molar-refractivity contribution in [2.45, 2.75) is 20.4 Å². The number of benzene rings is 1. The summed E-state index contributed by atoms with van der Waals surface area (Å²) in [4.78, 5) is 6.74. The summed E-state index contributed by atoms with van der Waals surface area (Å²) in [6.45, 7) is 6.19. The molecule has 1 aliphatic heterocycles. The van der Waals surface area contributed by atoms with Crippen LogP contribution in [0.1, 0.15) is 19.5 Å². The second-order valence-corrected chi connectivity index (χ2v) is 6.80. The van der Waals surface area contributed by atoms with E-state index in [2.05, 4.69) is 23.7 Å². The van der Waals surface area contributed by atoms with Gasteiger partial charge in [-0.1, -0.05) is 13.8 Å². The highest BCUT2D eigenvalue weighted by atomic mass is 16.5. The van der Waals surface area contributed by atoms with E-state index >= 15 is 0 Å². The number of rotatable bonds is 8. The number of aromatic nitrogens is 1. The molecule has 2 heterocycles. The largest absolute Gasteiger partial charge is 0.499 e. The van der Waals surface area contributed by atoms with Gasteiger partial charge in [0.1, 0.15) is 12.0 Å². The Balaban J connectivity index is 1.73. The molecule has 27 heavy (non-hydrogen) atoms. The van der Waals surface area contributed by atoms with E-state index in [1.54, 1.807) is 20.5 Å². The van der Waals surface area contributed by atoms with E-state index in [9.17, 15) is 0 Å². The Kier molecular flexibility index (Phi) is 6.06. The Labute approximate surface area is 160 Å². The lowest BCUT2D eigenvalue weighted by Crippen LogP contribution is -2.22. The molecule has 144 valence electrons. The topological polar surface area (TPSA) is 57.0 Å². The van der Waals surface area contributed by atoms with Gasteiger partial charge in [0, 0.05) is 11.8 Å². The molecule has 0 unspecified atom stereocenters. The average molecular weight is 370 g/mol. The Bertz CT molecular complexity index is 823. The zero-order valence-corrected chi connectivity index (χ0v) is 16.3. The quantitative estimate of drug-likeness (QED) is 0.693. The van der Waals surface area contributed by atoms with Crippen molar-refractivity contribution in [3.8, 4) is 23.0 Å². The number of oxazole rings is 1. The maximum atomic E-state index is 5.87. The maximum Gasteiger partial charge on any atom is 0.226 e. The number of nitrogens with zero attached hydrogens (tertiary/aromatic N) is 2. The second-order valence-electron chi connectivity index (χ2n) is 6.80. The van der Waals surface area contributed by atoms with Crippen LogP contribution in [0.3, 0.4) is 0 Å². The van der Waals surface area contributed by atoms with Crippen LogP contribution in [0.15, 0.2) is 53.0 Å². The second kappa shape index (κ2) is 8.66. The number of methoxy groups -OCH3 is 2. The van der Waals surface area contributed by atoms with Crippen LogP contribution in [0.4, 0.5) is 0 Å². The van der Waals surface area contributed by atoms with Gasteiger partial charge in [-0.15, -0.1) is 0 Å². The fourth-order valence-electron chi connectivity index (χ4n) is 2.72. The van der Waals surface area contributed by atoms with Crippen LogP contribution in [0.25, 0.3) is 11.5 Å². The molecule has 0 spiro atoms. The standard InChI is InChI=1S/C21H26N2O4/c1-15(2)13-26-20-10-16(7-8-19(20)25-4)21-22-17(14-27-21)11-23-9-5-6-18(12-23)24-3/h5-10,14-15H,11-13H2,1-4H3. The van der Waals surface area contributed by atoms with Gasteiger partial charge in [0.05, 0.1) is 39.6 Å². The van der Waals surface area contributed by atoms with Crippen molar-refractivity contribution in [3.63, 3.8) is 0 Å². The fraction of sp³-hybridized carbons (Fsp3) is 0.381. The van der Waals surface area contributed by atoms with E-state index in [1.165, 1.54) is 0 Å². The molecule has 0 atom stereocenters. The van der Waals surface area contributed by atoms with E-state index in [1.807, 2.05) is 36.6 Å². The highest BCUT2D eigenvalue weighted by Gasteiger charge is 2.14. The average Bonchev–Trinajstić information content (AvgIpc) is 3.14. The lowest BCUT2D eigenvalue weighted by atomic mass is 10.2. The molecule has 0 saturated carbocycles. The molecule has 0 amide bonds. The molecule has 3 rings (SSSR count). The zero-order chi connectivity index (χ0) is 19.2. The normalized spacial score (nSPS) is 13.7. The molecule has 0 aliphatic carbocycles. The summed E-state index contributed by atoms with van der Waals surface area (Å²) in [5.41, 5.74) is 1.71. The van der Waals surface area contributed by atoms with Gasteiger partial charge >= 0.3 is 0 Å². The number of ether oxygens (including phenoxy) is 3. The van der Waals surface area contributed by atoms with Gasteiger partial charge < -0.3 is 23.5 Å². The lowest BCUT2D eigenvalue weighted by Gasteiger charge is -2.22. The lowest BCUT2D eigenvalue weighted by molar-refractivity contribution is 0.238. The first kappa shape index (κ1) is 18.9. The Morgan fingerprint density at radius 2 is 2.04 bits per heavy atom. The molecular weight excluding hydrogens is 344 g/mol. The minimum Gasteiger partial charge on any atom is -0.499 e. The Morgan fingerprint density at radius 1 is 1.19 bits per heavy atom. The van der Waals surface area contributed by atoms with Crippen molar-refractivity contribution >= 4 is 0 Å². The summed E-state index contributed by atoms with van der Waals surface area (Å²) in [7, 11) is 3.31. The number of hydrogen-bond donors (Lipinski definition) is 0. The molecule has 0 bridgehead atoms. The highest BCUT2D eigenvalue weighted by molar-refractivity contribution is 5.60. The molecule has 2 aromatic rings. The third-order valence-corrected chi connectivity index (χ3v) is 4.10. The molecular formula is C21H26N2O4. The predicted molar refractivity (Wildman–Crippen MR) is 103 cm³/mol. The van der Waals surface area contributed by atoms with Gasteiger partial charge in [-0.2, -0.15) is 0 Å². The Morgan fingerprint density at radius 3 is 2.78 bits per heavy atom. The summed E-state index contributed by atoms with van der Waals surface area (Å²) in [6, 6.07) is 5.70. The first-order valence-electron chi connectivity index (χ1n) is 9.00. The van der Waals surface area contributed by atoms with Crippen molar-refractivity contribution in [2.75, 3.05) is 27.4 Å². The SMILES string of the molecule is COC1=CC=CN(Cc2coc(-c3ccc(OC)c(OCC(C)C)c3)n2)C1. The number of hydrogen-bond acceptors (Lipinski definition) is 6. The van der Waals surface area contributed by atoms with Crippen molar-refractivity contribution in [1.29, 1.82) is 0 Å². The van der Waals surface area contributed by atoms with Crippen molar-refractivity contribution in [1.82, 2.24) is 9.88 Å². The predicted octanol–water partition coefficient (Wildman–Crippen LogP) is 4.24. The minimum atomic E-state index is 0.426. The van der Waals surface area contributed by atoms with Gasteiger partial charge in [0.15, 0.2) is 11.5 Å². The van der Waals surface area contributed by atoms with E-state index in [4.69, 9.17) is 18.6 Å². The van der Waals surface area contributed by atoms with E-state index in [0.717, 1.165) is 17.0 Å². The summed E-state index contributed by atoms with van der Waals surface area (Å²) in [6.07, 6.45) is 7.63. The first-order chi connectivity index (χ1) is 13.1. The fourth-order valence-corrected chi connectivity index (χ4v) is 2.72. The van der Waals surface area contributed by atoms with Gasteiger partial charge in [-0.25, -0.2) is 4.98 Å². The molecule has 0 radical (unpaired) electrons. The zero-order valence-electron chi connectivity index (χ0n) is 16.3. The molecule has 1 aliphatic rings. The molecule has 0 fully saturated rings. The van der Waals surface area contributed by atoms with Crippen LogP contribution in [-0.2, 0) is 11.3 Å². The van der Waals surface area contributed by atoms with Crippen LogP contribution in [0.5, 0.6) is 11.5 Å². The summed E-state index contributed by atoms with van der Waals surface area (Å²) >= 11 is 0. The Hall–Kier alpha value is -2.89. The maximum absolute atomic E-state index is 5.87. The summed E-state index contributed by atoms with van der Waals surface area (Å²) < 4.78 is 22.3. The van der Waals surface area contributed by atoms with E-state index in [-0.39, 0.29) is 0 Å². The monoisotopic (exact) mass is 370 g/mol. The molecule has 0 saturated heterocycles. The van der Waals surface area contributed by atoms with Gasteiger partial charge in [0.25, 0.3) is 0 Å². The van der Waals surface area contributed by atoms with Crippen molar-refractivity contribution in [3.05, 3.63) is 54.3 Å². The summed E-state index contributed by atoms with van der Waals surface area (Å²) in [5, 5.41) is 0. The van der Waals surface area contributed by atoms with Crippen LogP contribution in [0, 0.1) is 5.92 Å². The summed E-state index contributed by atoms with van der Waals surface area (Å²) in [5.74, 6) is 3.30. The van der Waals surface area contributed by atoms with Crippen LogP contribution in [0.2, 0.25) is 0 Å². The van der Waals surface area contributed by atoms with Crippen molar-refractivity contribution in [2.24, 2.45) is 5.92 Å². The third kappa shape index (κ3) is 4.84. The third-order valence-electron chi connectivity index (χ3n) is 4.10. The number of allylic oxidation sites excluding steroid dienone is 2. The smallest absolute Gasteiger partial charge is 0.226 e. The first-order valence-corrected chi connectivity index (χ1v) is 9.00. The molecule has 0 N–H and O–H groups in total. The van der Waals surface area contributed by atoms with Crippen LogP contribution in [-0.4, -0.2) is 37.3 Å². The van der Waals surface area contributed by atoms with Crippen molar-refractivity contribution < 1.29 is 18.6 Å². The molecule has 1 aromatic heterocycles.